The van der Waals surface area contributed by atoms with Gasteiger partial charge in [-0.2, -0.15) is 5.10 Å². The Morgan fingerprint density at radius 2 is 1.94 bits per heavy atom. The number of unbranched alkanes of at least 4 members (excludes halogenated alkanes) is 1. The summed E-state index contributed by atoms with van der Waals surface area (Å²) in [6, 6.07) is 12.8. The van der Waals surface area contributed by atoms with E-state index in [9.17, 15) is 4.79 Å². The zero-order chi connectivity index (χ0) is 21.8. The van der Waals surface area contributed by atoms with Crippen molar-refractivity contribution >= 4 is 35.4 Å². The van der Waals surface area contributed by atoms with Crippen molar-refractivity contribution in [3.05, 3.63) is 52.3 Å². The van der Waals surface area contributed by atoms with Crippen LogP contribution in [0.2, 0.25) is 5.02 Å². The summed E-state index contributed by atoms with van der Waals surface area (Å²) in [5, 5.41) is 8.26. The van der Waals surface area contributed by atoms with E-state index < -0.39 is 0 Å². The molecule has 1 aromatic heterocycles. The van der Waals surface area contributed by atoms with Crippen LogP contribution < -0.4 is 14.8 Å². The van der Waals surface area contributed by atoms with Crippen LogP contribution in [0.25, 0.3) is 11.4 Å². The van der Waals surface area contributed by atoms with E-state index in [-0.39, 0.29) is 19.1 Å². The second-order valence-corrected chi connectivity index (χ2v) is 8.01. The number of hydrogen-bond donors (Lipinski definition) is 1. The number of anilines is 1. The van der Waals surface area contributed by atoms with Crippen molar-refractivity contribution in [3.8, 4) is 22.9 Å². The van der Waals surface area contributed by atoms with E-state index in [2.05, 4.69) is 12.2 Å². The predicted molar refractivity (Wildman–Crippen MR) is 122 cm³/mol. The van der Waals surface area contributed by atoms with E-state index in [4.69, 9.17) is 38.4 Å². The topological polar surface area (TPSA) is 70.3 Å². The van der Waals surface area contributed by atoms with Gasteiger partial charge in [-0.15, -0.1) is 0 Å². The minimum atomic E-state index is -0.128. The molecule has 0 atom stereocenters. The summed E-state index contributed by atoms with van der Waals surface area (Å²) in [5.74, 6) is 1.96. The van der Waals surface area contributed by atoms with Gasteiger partial charge in [0.05, 0.1) is 6.54 Å². The standard InChI is InChI=1S/C22H23ClN4O3S/c1-2-3-11-26-21(15-4-6-16(23)7-5-15)25-27(22(26)31)12-10-20(28)24-17-8-9-18-19(13-17)30-14-29-18/h4-9,13H,2-3,10-12,14H2,1H3,(H,24,28). The molecule has 31 heavy (non-hydrogen) atoms. The molecule has 9 heteroatoms. The Balaban J connectivity index is 1.48. The lowest BCUT2D eigenvalue weighted by atomic mass is 10.2. The third-order valence-corrected chi connectivity index (χ3v) is 5.65. The number of benzene rings is 2. The molecule has 162 valence electrons. The molecule has 1 aliphatic rings. The van der Waals surface area contributed by atoms with Crippen LogP contribution in [0.15, 0.2) is 42.5 Å². The first-order chi connectivity index (χ1) is 15.0. The highest BCUT2D eigenvalue weighted by Crippen LogP contribution is 2.34. The average molecular weight is 459 g/mol. The SMILES string of the molecule is CCCCn1c(-c2ccc(Cl)cc2)nn(CCC(=O)Nc2ccc3c(c2)OCO3)c1=S. The Bertz CT molecular complexity index is 1140. The number of carbonyl (C=O) groups is 1. The largest absolute Gasteiger partial charge is 0.454 e. The van der Waals surface area contributed by atoms with Crippen LogP contribution in [0.1, 0.15) is 26.2 Å². The van der Waals surface area contributed by atoms with Gasteiger partial charge in [0.15, 0.2) is 22.1 Å². The molecule has 1 amide bonds. The first-order valence-electron chi connectivity index (χ1n) is 10.2. The molecule has 0 aliphatic carbocycles. The number of fused-ring (bicyclic) bond motifs is 1. The number of rotatable bonds is 8. The molecule has 1 N–H and O–H groups in total. The summed E-state index contributed by atoms with van der Waals surface area (Å²) in [7, 11) is 0. The van der Waals surface area contributed by atoms with Crippen molar-refractivity contribution in [1.29, 1.82) is 0 Å². The summed E-state index contributed by atoms with van der Waals surface area (Å²) >= 11 is 11.7. The quantitative estimate of drug-likeness (QED) is 0.464. The van der Waals surface area contributed by atoms with Gasteiger partial charge >= 0.3 is 0 Å². The third-order valence-electron chi connectivity index (χ3n) is 4.97. The van der Waals surface area contributed by atoms with E-state index in [1.165, 1.54) is 0 Å². The van der Waals surface area contributed by atoms with Crippen molar-refractivity contribution in [2.45, 2.75) is 39.3 Å². The van der Waals surface area contributed by atoms with Crippen molar-refractivity contribution in [1.82, 2.24) is 14.3 Å². The fourth-order valence-corrected chi connectivity index (χ4v) is 3.76. The summed E-state index contributed by atoms with van der Waals surface area (Å²) in [6.07, 6.45) is 2.28. The van der Waals surface area contributed by atoms with Crippen LogP contribution in [0.4, 0.5) is 5.69 Å². The number of aryl methyl sites for hydroxylation is 1. The molecule has 1 aliphatic heterocycles. The van der Waals surface area contributed by atoms with Crippen molar-refractivity contribution < 1.29 is 14.3 Å². The van der Waals surface area contributed by atoms with E-state index in [0.717, 1.165) is 30.8 Å². The highest BCUT2D eigenvalue weighted by atomic mass is 35.5. The number of amides is 1. The predicted octanol–water partition coefficient (Wildman–Crippen LogP) is 5.29. The normalized spacial score (nSPS) is 12.2. The maximum Gasteiger partial charge on any atom is 0.231 e. The Morgan fingerprint density at radius 3 is 2.71 bits per heavy atom. The summed E-state index contributed by atoms with van der Waals surface area (Å²) in [6.45, 7) is 3.49. The van der Waals surface area contributed by atoms with Gasteiger partial charge in [-0.25, -0.2) is 4.68 Å². The summed E-state index contributed by atoms with van der Waals surface area (Å²) < 4.78 is 15.0. The lowest BCUT2D eigenvalue weighted by Crippen LogP contribution is -2.15. The summed E-state index contributed by atoms with van der Waals surface area (Å²) in [5.41, 5.74) is 1.60. The van der Waals surface area contributed by atoms with Crippen molar-refractivity contribution in [2.75, 3.05) is 12.1 Å². The Morgan fingerprint density at radius 1 is 1.16 bits per heavy atom. The van der Waals surface area contributed by atoms with Gasteiger partial charge in [-0.1, -0.05) is 24.9 Å². The van der Waals surface area contributed by atoms with Gasteiger partial charge in [0.1, 0.15) is 0 Å². The maximum atomic E-state index is 12.5. The Labute approximate surface area is 190 Å². The smallest absolute Gasteiger partial charge is 0.231 e. The molecule has 3 aromatic rings. The van der Waals surface area contributed by atoms with Gasteiger partial charge in [-0.05, 0) is 55.0 Å². The molecule has 2 aromatic carbocycles. The van der Waals surface area contributed by atoms with Gasteiger partial charge in [0.25, 0.3) is 0 Å². The number of nitrogens with one attached hydrogen (secondary N) is 1. The Kier molecular flexibility index (Phi) is 6.58. The highest BCUT2D eigenvalue weighted by molar-refractivity contribution is 7.71. The van der Waals surface area contributed by atoms with Crippen LogP contribution in [-0.2, 0) is 17.9 Å². The molecule has 0 radical (unpaired) electrons. The zero-order valence-electron chi connectivity index (χ0n) is 17.1. The molecule has 0 bridgehead atoms. The molecule has 4 rings (SSSR count). The molecule has 0 spiro atoms. The molecule has 0 unspecified atom stereocenters. The maximum absolute atomic E-state index is 12.5. The van der Waals surface area contributed by atoms with Crippen molar-refractivity contribution in [2.24, 2.45) is 0 Å². The van der Waals surface area contributed by atoms with E-state index >= 15 is 0 Å². The monoisotopic (exact) mass is 458 g/mol. The molecule has 0 saturated heterocycles. The van der Waals surface area contributed by atoms with Gasteiger partial charge < -0.3 is 14.8 Å². The fraction of sp³-hybridized carbons (Fsp3) is 0.318. The molecule has 0 fully saturated rings. The van der Waals surface area contributed by atoms with E-state index in [0.29, 0.717) is 33.5 Å². The van der Waals surface area contributed by atoms with Crippen LogP contribution >= 0.6 is 23.8 Å². The van der Waals surface area contributed by atoms with Gasteiger partial charge in [0.2, 0.25) is 12.7 Å². The van der Waals surface area contributed by atoms with Crippen LogP contribution in [0.3, 0.4) is 0 Å². The average Bonchev–Trinajstić information content (AvgIpc) is 3.35. The molecule has 7 nitrogen and oxygen atoms in total. The minimum absolute atomic E-state index is 0.128. The molecular weight excluding hydrogens is 436 g/mol. The van der Waals surface area contributed by atoms with Crippen molar-refractivity contribution in [3.63, 3.8) is 0 Å². The lowest BCUT2D eigenvalue weighted by Gasteiger charge is -2.06. The number of nitrogens with zero attached hydrogens (tertiary/aromatic N) is 3. The number of ether oxygens (including phenoxy) is 2. The molecule has 2 heterocycles. The Hall–Kier alpha value is -2.84. The minimum Gasteiger partial charge on any atom is -0.454 e. The second-order valence-electron chi connectivity index (χ2n) is 7.21. The van der Waals surface area contributed by atoms with Gasteiger partial charge in [0, 0.05) is 35.3 Å². The number of halogens is 1. The fourth-order valence-electron chi connectivity index (χ4n) is 3.32. The van der Waals surface area contributed by atoms with Gasteiger partial charge in [-0.3, -0.25) is 9.36 Å². The zero-order valence-corrected chi connectivity index (χ0v) is 18.7. The van der Waals surface area contributed by atoms with Crippen LogP contribution in [-0.4, -0.2) is 27.0 Å². The number of carbonyl (C=O) groups excluding carboxylic acids is 1. The van der Waals surface area contributed by atoms with Crippen LogP contribution in [0.5, 0.6) is 11.5 Å². The number of aromatic nitrogens is 3. The number of hydrogen-bond acceptors (Lipinski definition) is 5. The first-order valence-corrected chi connectivity index (χ1v) is 11.0. The second kappa shape index (κ2) is 9.53. The van der Waals surface area contributed by atoms with E-state index in [1.54, 1.807) is 22.9 Å². The lowest BCUT2D eigenvalue weighted by molar-refractivity contribution is -0.116. The highest BCUT2D eigenvalue weighted by Gasteiger charge is 2.16. The third kappa shape index (κ3) is 4.91. The molecular formula is C22H23ClN4O3S. The van der Waals surface area contributed by atoms with Crippen LogP contribution in [0, 0.1) is 4.77 Å². The van der Waals surface area contributed by atoms with E-state index in [1.807, 2.05) is 28.8 Å². The summed E-state index contributed by atoms with van der Waals surface area (Å²) in [4.78, 5) is 12.5. The molecule has 0 saturated carbocycles. The first kappa shape index (κ1) is 21.4.